The van der Waals surface area contributed by atoms with Gasteiger partial charge in [-0.2, -0.15) is 0 Å². The molecule has 0 fully saturated rings. The Kier molecular flexibility index (Phi) is 7.27. The maximum Gasteiger partial charge on any atom is 0.335 e. The van der Waals surface area contributed by atoms with Crippen molar-refractivity contribution in [2.45, 2.75) is 33.0 Å². The average Bonchev–Trinajstić information content (AvgIpc) is 2.76. The van der Waals surface area contributed by atoms with Gasteiger partial charge in [0.25, 0.3) is 5.56 Å². The molecular formula is C23H22ClN3O5. The molecule has 0 saturated heterocycles. The van der Waals surface area contributed by atoms with E-state index in [1.165, 1.54) is 18.2 Å². The lowest BCUT2D eigenvalue weighted by molar-refractivity contribution is -0.145. The minimum atomic E-state index is -1.13. The highest BCUT2D eigenvalue weighted by Gasteiger charge is 2.21. The molecule has 2 N–H and O–H groups in total. The Morgan fingerprint density at radius 1 is 1.16 bits per heavy atom. The molecule has 0 radical (unpaired) electrons. The zero-order valence-corrected chi connectivity index (χ0v) is 18.3. The lowest BCUT2D eigenvalue weighted by Crippen LogP contribution is -2.31. The second kappa shape index (κ2) is 10.1. The van der Waals surface area contributed by atoms with Crippen molar-refractivity contribution in [1.29, 1.82) is 0 Å². The van der Waals surface area contributed by atoms with Gasteiger partial charge in [-0.05, 0) is 31.5 Å². The van der Waals surface area contributed by atoms with Gasteiger partial charge in [-0.3, -0.25) is 14.2 Å². The zero-order chi connectivity index (χ0) is 23.3. The third-order valence-corrected chi connectivity index (χ3v) is 4.72. The molecule has 1 aromatic heterocycles. The van der Waals surface area contributed by atoms with Gasteiger partial charge < -0.3 is 15.2 Å². The first-order chi connectivity index (χ1) is 15.3. The normalized spacial score (nSPS) is 10.8. The predicted molar refractivity (Wildman–Crippen MR) is 121 cm³/mol. The molecular weight excluding hydrogens is 434 g/mol. The summed E-state index contributed by atoms with van der Waals surface area (Å²) >= 11 is 6.40. The number of aromatic carboxylic acids is 1. The third kappa shape index (κ3) is 5.53. The molecule has 0 aliphatic heterocycles. The minimum absolute atomic E-state index is 0.00796. The Bertz CT molecular complexity index is 1190. The molecule has 3 aromatic rings. The van der Waals surface area contributed by atoms with Crippen LogP contribution in [0.15, 0.2) is 59.4 Å². The summed E-state index contributed by atoms with van der Waals surface area (Å²) in [6, 6.07) is 14.9. The highest BCUT2D eigenvalue weighted by molar-refractivity contribution is 6.32. The number of carboxylic acid groups (broad SMARTS) is 1. The number of carbonyl (C=O) groups excluding carboxylic acids is 1. The van der Waals surface area contributed by atoms with Crippen molar-refractivity contribution >= 4 is 29.4 Å². The van der Waals surface area contributed by atoms with Crippen LogP contribution >= 0.6 is 11.6 Å². The van der Waals surface area contributed by atoms with Crippen LogP contribution in [-0.2, 0) is 22.7 Å². The van der Waals surface area contributed by atoms with Crippen LogP contribution in [0, 0.1) is 0 Å². The molecule has 0 aliphatic rings. The number of nitrogens with zero attached hydrogens (tertiary/aromatic N) is 2. The topological polar surface area (TPSA) is 111 Å². The number of hydrogen-bond acceptors (Lipinski definition) is 6. The van der Waals surface area contributed by atoms with Crippen molar-refractivity contribution in [3.63, 3.8) is 0 Å². The van der Waals surface area contributed by atoms with Crippen LogP contribution in [0.25, 0.3) is 11.3 Å². The molecule has 0 unspecified atom stereocenters. The molecule has 32 heavy (non-hydrogen) atoms. The van der Waals surface area contributed by atoms with E-state index in [-0.39, 0.29) is 34.9 Å². The Morgan fingerprint density at radius 3 is 2.53 bits per heavy atom. The van der Waals surface area contributed by atoms with Crippen molar-refractivity contribution in [2.75, 3.05) is 5.32 Å². The molecule has 1 heterocycles. The SMILES string of the molecule is CC(C)Nc1nc(Cl)c(-c2cccc(C(=O)O)c2)n(CC(=O)OCc2ccccc2)c1=O. The van der Waals surface area contributed by atoms with Crippen LogP contribution in [0.4, 0.5) is 5.82 Å². The van der Waals surface area contributed by atoms with Gasteiger partial charge in [0.05, 0.1) is 11.3 Å². The number of carboxylic acids is 1. The average molecular weight is 456 g/mol. The quantitative estimate of drug-likeness (QED) is 0.496. The van der Waals surface area contributed by atoms with E-state index in [4.69, 9.17) is 16.3 Å². The summed E-state index contributed by atoms with van der Waals surface area (Å²) < 4.78 is 6.47. The maximum atomic E-state index is 13.1. The fraction of sp³-hybridized carbons (Fsp3) is 0.217. The standard InChI is InChI=1S/C23H22ClN3O5/c1-14(2)25-21-22(29)27(12-18(28)32-13-15-7-4-3-5-8-15)19(20(24)26-21)16-9-6-10-17(11-16)23(30)31/h3-11,14H,12-13H2,1-2H3,(H,25,26)(H,30,31). The molecule has 8 nitrogen and oxygen atoms in total. The minimum Gasteiger partial charge on any atom is -0.478 e. The van der Waals surface area contributed by atoms with Gasteiger partial charge in [0.2, 0.25) is 0 Å². The number of ether oxygens (including phenoxy) is 1. The summed E-state index contributed by atoms with van der Waals surface area (Å²) in [5.41, 5.74) is 0.707. The molecule has 3 rings (SSSR count). The number of esters is 1. The second-order valence-corrected chi connectivity index (χ2v) is 7.68. The first-order valence-electron chi connectivity index (χ1n) is 9.86. The van der Waals surface area contributed by atoms with Crippen molar-refractivity contribution in [3.05, 3.63) is 81.2 Å². The molecule has 0 aliphatic carbocycles. The highest BCUT2D eigenvalue weighted by atomic mass is 35.5. The second-order valence-electron chi connectivity index (χ2n) is 7.32. The molecule has 2 aromatic carbocycles. The Hall–Kier alpha value is -3.65. The van der Waals surface area contributed by atoms with Crippen LogP contribution in [0.1, 0.15) is 29.8 Å². The van der Waals surface area contributed by atoms with E-state index < -0.39 is 24.0 Å². The van der Waals surface area contributed by atoms with Gasteiger partial charge in [0.15, 0.2) is 11.0 Å². The van der Waals surface area contributed by atoms with Gasteiger partial charge in [-0.25, -0.2) is 9.78 Å². The largest absolute Gasteiger partial charge is 0.478 e. The van der Waals surface area contributed by atoms with Crippen molar-refractivity contribution < 1.29 is 19.4 Å². The van der Waals surface area contributed by atoms with E-state index in [2.05, 4.69) is 10.3 Å². The molecule has 166 valence electrons. The Balaban J connectivity index is 2.02. The predicted octanol–water partition coefficient (Wildman–Crippen LogP) is 3.83. The van der Waals surface area contributed by atoms with E-state index in [9.17, 15) is 19.5 Å². The number of benzene rings is 2. The van der Waals surface area contributed by atoms with Gasteiger partial charge >= 0.3 is 11.9 Å². The lowest BCUT2D eigenvalue weighted by Gasteiger charge is -2.17. The lowest BCUT2D eigenvalue weighted by atomic mass is 10.1. The van der Waals surface area contributed by atoms with Gasteiger partial charge in [-0.1, -0.05) is 54.1 Å². The van der Waals surface area contributed by atoms with Crippen LogP contribution < -0.4 is 10.9 Å². The van der Waals surface area contributed by atoms with Crippen LogP contribution in [0.5, 0.6) is 0 Å². The summed E-state index contributed by atoms with van der Waals surface area (Å²) in [6.07, 6.45) is 0. The van der Waals surface area contributed by atoms with Gasteiger partial charge in [-0.15, -0.1) is 0 Å². The number of halogens is 1. The molecule has 9 heteroatoms. The Morgan fingerprint density at radius 2 is 1.88 bits per heavy atom. The summed E-state index contributed by atoms with van der Waals surface area (Å²) in [4.78, 5) is 41.3. The van der Waals surface area contributed by atoms with E-state index in [0.717, 1.165) is 10.1 Å². The third-order valence-electron chi connectivity index (χ3n) is 4.46. The molecule has 0 saturated carbocycles. The van der Waals surface area contributed by atoms with Crippen LogP contribution in [-0.4, -0.2) is 32.6 Å². The molecule has 0 atom stereocenters. The summed E-state index contributed by atoms with van der Waals surface area (Å²) in [5, 5.41) is 12.2. The van der Waals surface area contributed by atoms with E-state index >= 15 is 0 Å². The maximum absolute atomic E-state index is 13.1. The van der Waals surface area contributed by atoms with Crippen LogP contribution in [0.2, 0.25) is 5.15 Å². The van der Waals surface area contributed by atoms with E-state index in [1.807, 2.05) is 44.2 Å². The number of nitrogens with one attached hydrogen (secondary N) is 1. The number of hydrogen-bond donors (Lipinski definition) is 2. The number of anilines is 1. The molecule has 0 amide bonds. The fourth-order valence-corrected chi connectivity index (χ4v) is 3.34. The van der Waals surface area contributed by atoms with Crippen LogP contribution in [0.3, 0.4) is 0 Å². The first-order valence-corrected chi connectivity index (χ1v) is 10.2. The monoisotopic (exact) mass is 455 g/mol. The van der Waals surface area contributed by atoms with Crippen molar-refractivity contribution in [2.24, 2.45) is 0 Å². The smallest absolute Gasteiger partial charge is 0.335 e. The van der Waals surface area contributed by atoms with Gasteiger partial charge in [0.1, 0.15) is 13.2 Å². The summed E-state index contributed by atoms with van der Waals surface area (Å²) in [7, 11) is 0. The first kappa shape index (κ1) is 23.0. The van der Waals surface area contributed by atoms with Crippen molar-refractivity contribution in [1.82, 2.24) is 9.55 Å². The number of aromatic nitrogens is 2. The fourth-order valence-electron chi connectivity index (χ4n) is 3.05. The highest BCUT2D eigenvalue weighted by Crippen LogP contribution is 2.27. The molecule has 0 bridgehead atoms. The molecule has 0 spiro atoms. The van der Waals surface area contributed by atoms with E-state index in [0.29, 0.717) is 5.56 Å². The number of carbonyl (C=O) groups is 2. The summed E-state index contributed by atoms with van der Waals surface area (Å²) in [6.45, 7) is 3.29. The zero-order valence-electron chi connectivity index (χ0n) is 17.5. The Labute approximate surface area is 189 Å². The van der Waals surface area contributed by atoms with Gasteiger partial charge in [0, 0.05) is 11.6 Å². The van der Waals surface area contributed by atoms with Crippen molar-refractivity contribution in [3.8, 4) is 11.3 Å². The number of rotatable bonds is 8. The van der Waals surface area contributed by atoms with E-state index in [1.54, 1.807) is 6.07 Å². The summed E-state index contributed by atoms with van der Waals surface area (Å²) in [5.74, 6) is -1.80.